The zero-order valence-electron chi connectivity index (χ0n) is 11.4. The molecule has 0 unspecified atom stereocenters. The standard InChI is InChI=1S/C12H16BrNO6S/c1-18-2-3-19-4-5-20-12(15)9-6-10(13)8-11(7-9)21(14,16)17/h6-8H,2-5H2,1H3,(H2,14,16,17). The average molecular weight is 382 g/mol. The van der Waals surface area contributed by atoms with E-state index in [2.05, 4.69) is 15.9 Å². The Morgan fingerprint density at radius 3 is 2.48 bits per heavy atom. The van der Waals surface area contributed by atoms with Crippen LogP contribution in [0.25, 0.3) is 0 Å². The summed E-state index contributed by atoms with van der Waals surface area (Å²) in [6.07, 6.45) is 0. The molecule has 0 aromatic heterocycles. The number of esters is 1. The molecule has 0 fully saturated rings. The molecule has 1 aromatic carbocycles. The Bertz CT molecular complexity index is 589. The first-order chi connectivity index (χ1) is 9.84. The van der Waals surface area contributed by atoms with Gasteiger partial charge in [0.1, 0.15) is 6.61 Å². The summed E-state index contributed by atoms with van der Waals surface area (Å²) < 4.78 is 37.9. The molecule has 0 radical (unpaired) electrons. The van der Waals surface area contributed by atoms with Crippen LogP contribution in [0.4, 0.5) is 0 Å². The van der Waals surface area contributed by atoms with E-state index >= 15 is 0 Å². The van der Waals surface area contributed by atoms with Crippen LogP contribution in [0.15, 0.2) is 27.6 Å². The molecule has 0 spiro atoms. The van der Waals surface area contributed by atoms with Gasteiger partial charge < -0.3 is 14.2 Å². The lowest BCUT2D eigenvalue weighted by atomic mass is 10.2. The number of benzene rings is 1. The third kappa shape index (κ3) is 6.53. The first-order valence-electron chi connectivity index (χ1n) is 5.92. The van der Waals surface area contributed by atoms with Crippen LogP contribution in [0, 0.1) is 0 Å². The van der Waals surface area contributed by atoms with Crippen LogP contribution in [0.3, 0.4) is 0 Å². The van der Waals surface area contributed by atoms with Crippen LogP contribution in [0.2, 0.25) is 0 Å². The van der Waals surface area contributed by atoms with Crippen molar-refractivity contribution in [3.8, 4) is 0 Å². The lowest BCUT2D eigenvalue weighted by Gasteiger charge is -2.07. The molecule has 0 saturated heterocycles. The molecule has 0 aliphatic heterocycles. The van der Waals surface area contributed by atoms with Crippen molar-refractivity contribution >= 4 is 31.9 Å². The second-order valence-electron chi connectivity index (χ2n) is 3.96. The zero-order chi connectivity index (χ0) is 15.9. The molecule has 0 amide bonds. The van der Waals surface area contributed by atoms with Gasteiger partial charge in [-0.2, -0.15) is 0 Å². The maximum absolute atomic E-state index is 11.8. The Morgan fingerprint density at radius 1 is 1.19 bits per heavy atom. The van der Waals surface area contributed by atoms with Crippen molar-refractivity contribution in [1.82, 2.24) is 0 Å². The third-order valence-corrected chi connectivity index (χ3v) is 3.68. The normalized spacial score (nSPS) is 11.4. The van der Waals surface area contributed by atoms with Crippen molar-refractivity contribution in [3.05, 3.63) is 28.2 Å². The molecule has 0 aliphatic carbocycles. The molecule has 118 valence electrons. The van der Waals surface area contributed by atoms with Gasteiger partial charge in [0.05, 0.1) is 30.3 Å². The second-order valence-corrected chi connectivity index (χ2v) is 6.44. The van der Waals surface area contributed by atoms with Gasteiger partial charge in [0.15, 0.2) is 0 Å². The number of ether oxygens (including phenoxy) is 3. The van der Waals surface area contributed by atoms with E-state index < -0.39 is 16.0 Å². The Kier molecular flexibility index (Phi) is 7.26. The second kappa shape index (κ2) is 8.44. The SMILES string of the molecule is COCCOCCOC(=O)c1cc(Br)cc(S(N)(=O)=O)c1. The van der Waals surface area contributed by atoms with Gasteiger partial charge in [0.2, 0.25) is 10.0 Å². The number of halogens is 1. The number of primary sulfonamides is 1. The summed E-state index contributed by atoms with van der Waals surface area (Å²) in [7, 11) is -2.34. The number of hydrogen-bond donors (Lipinski definition) is 1. The van der Waals surface area contributed by atoms with Gasteiger partial charge >= 0.3 is 5.97 Å². The van der Waals surface area contributed by atoms with Gasteiger partial charge in [-0.05, 0) is 18.2 Å². The highest BCUT2D eigenvalue weighted by Crippen LogP contribution is 2.19. The largest absolute Gasteiger partial charge is 0.460 e. The highest BCUT2D eigenvalue weighted by molar-refractivity contribution is 9.10. The molecule has 0 atom stereocenters. The van der Waals surface area contributed by atoms with Crippen molar-refractivity contribution in [3.63, 3.8) is 0 Å². The van der Waals surface area contributed by atoms with Crippen molar-refractivity contribution in [1.29, 1.82) is 0 Å². The van der Waals surface area contributed by atoms with E-state index in [1.165, 1.54) is 12.1 Å². The average Bonchev–Trinajstić information content (AvgIpc) is 2.40. The van der Waals surface area contributed by atoms with Gasteiger partial charge in [-0.3, -0.25) is 0 Å². The van der Waals surface area contributed by atoms with Crippen LogP contribution < -0.4 is 5.14 Å². The maximum Gasteiger partial charge on any atom is 0.338 e. The Labute approximate surface area is 131 Å². The summed E-state index contributed by atoms with van der Waals surface area (Å²) in [4.78, 5) is 11.6. The number of carbonyl (C=O) groups is 1. The van der Waals surface area contributed by atoms with Crippen molar-refractivity contribution < 1.29 is 27.4 Å². The Morgan fingerprint density at radius 2 is 1.86 bits per heavy atom. The van der Waals surface area contributed by atoms with Gasteiger partial charge in [0, 0.05) is 11.6 Å². The topological polar surface area (TPSA) is 105 Å². The minimum Gasteiger partial charge on any atom is -0.460 e. The van der Waals surface area contributed by atoms with Gasteiger partial charge in [0.25, 0.3) is 0 Å². The molecule has 1 rings (SSSR count). The fraction of sp³-hybridized carbons (Fsp3) is 0.417. The van der Waals surface area contributed by atoms with Crippen molar-refractivity contribution in [2.75, 3.05) is 33.5 Å². The summed E-state index contributed by atoms with van der Waals surface area (Å²) in [5.74, 6) is -0.656. The Balaban J connectivity index is 2.60. The first kappa shape index (κ1) is 18.1. The number of rotatable bonds is 8. The van der Waals surface area contributed by atoms with E-state index in [0.717, 1.165) is 6.07 Å². The third-order valence-electron chi connectivity index (χ3n) is 2.33. The molecule has 2 N–H and O–H groups in total. The highest BCUT2D eigenvalue weighted by Gasteiger charge is 2.15. The number of carbonyl (C=O) groups excluding carboxylic acids is 1. The predicted molar refractivity (Wildman–Crippen MR) is 78.5 cm³/mol. The number of hydrogen-bond acceptors (Lipinski definition) is 6. The highest BCUT2D eigenvalue weighted by atomic mass is 79.9. The number of methoxy groups -OCH3 is 1. The van der Waals surface area contributed by atoms with Crippen LogP contribution in [0.1, 0.15) is 10.4 Å². The summed E-state index contributed by atoms with van der Waals surface area (Å²) >= 11 is 3.12. The predicted octanol–water partition coefficient (Wildman–Crippen LogP) is 0.916. The van der Waals surface area contributed by atoms with Gasteiger partial charge in [-0.1, -0.05) is 15.9 Å². The van der Waals surface area contributed by atoms with Crippen LogP contribution in [-0.4, -0.2) is 47.9 Å². The first-order valence-corrected chi connectivity index (χ1v) is 8.25. The summed E-state index contributed by atoms with van der Waals surface area (Å²) in [5, 5.41) is 5.03. The lowest BCUT2D eigenvalue weighted by molar-refractivity contribution is 0.0213. The molecule has 21 heavy (non-hydrogen) atoms. The van der Waals surface area contributed by atoms with E-state index in [0.29, 0.717) is 17.7 Å². The van der Waals surface area contributed by atoms with Crippen molar-refractivity contribution in [2.24, 2.45) is 5.14 Å². The maximum atomic E-state index is 11.8. The van der Waals surface area contributed by atoms with Gasteiger partial charge in [-0.15, -0.1) is 0 Å². The van der Waals surface area contributed by atoms with Crippen LogP contribution in [0.5, 0.6) is 0 Å². The number of sulfonamides is 1. The minimum atomic E-state index is -3.89. The molecular formula is C12H16BrNO6S. The quantitative estimate of drug-likeness (QED) is 0.530. The Hall–Kier alpha value is -1.00. The molecule has 0 saturated carbocycles. The fourth-order valence-corrected chi connectivity index (χ4v) is 2.59. The molecular weight excluding hydrogens is 366 g/mol. The molecule has 0 heterocycles. The number of nitrogens with two attached hydrogens (primary N) is 1. The van der Waals surface area contributed by atoms with E-state index in [1.807, 2.05) is 0 Å². The molecule has 1 aromatic rings. The monoisotopic (exact) mass is 381 g/mol. The zero-order valence-corrected chi connectivity index (χ0v) is 13.8. The van der Waals surface area contributed by atoms with Gasteiger partial charge in [-0.25, -0.2) is 18.4 Å². The summed E-state index contributed by atoms with van der Waals surface area (Å²) in [6, 6.07) is 3.91. The van der Waals surface area contributed by atoms with E-state index in [9.17, 15) is 13.2 Å². The summed E-state index contributed by atoms with van der Waals surface area (Å²) in [6.45, 7) is 1.14. The van der Waals surface area contributed by atoms with E-state index in [-0.39, 0.29) is 23.7 Å². The molecule has 0 bridgehead atoms. The van der Waals surface area contributed by atoms with Crippen LogP contribution >= 0.6 is 15.9 Å². The molecule has 7 nitrogen and oxygen atoms in total. The summed E-state index contributed by atoms with van der Waals surface area (Å²) in [5.41, 5.74) is 0.0882. The fourth-order valence-electron chi connectivity index (χ4n) is 1.37. The van der Waals surface area contributed by atoms with E-state index in [4.69, 9.17) is 19.3 Å². The lowest BCUT2D eigenvalue weighted by Crippen LogP contribution is -2.15. The molecule has 9 heteroatoms. The minimum absolute atomic E-state index is 0.0553. The molecule has 0 aliphatic rings. The van der Waals surface area contributed by atoms with Crippen molar-refractivity contribution in [2.45, 2.75) is 4.90 Å². The smallest absolute Gasteiger partial charge is 0.338 e. The van der Waals surface area contributed by atoms with E-state index in [1.54, 1.807) is 7.11 Å². The van der Waals surface area contributed by atoms with Crippen LogP contribution in [-0.2, 0) is 24.2 Å².